The van der Waals surface area contributed by atoms with Crippen molar-refractivity contribution in [3.63, 3.8) is 0 Å². The summed E-state index contributed by atoms with van der Waals surface area (Å²) >= 11 is 3.09. The minimum atomic E-state index is -0.590. The van der Waals surface area contributed by atoms with Crippen LogP contribution in [0.4, 0.5) is 8.78 Å². The van der Waals surface area contributed by atoms with E-state index in [1.54, 1.807) is 12.1 Å². The maximum absolute atomic E-state index is 14.2. The molecule has 0 aromatic heterocycles. The molecule has 21 heavy (non-hydrogen) atoms. The van der Waals surface area contributed by atoms with Crippen molar-refractivity contribution in [3.8, 4) is 5.75 Å². The molecule has 2 aromatic rings. The molecule has 1 aliphatic rings. The lowest BCUT2D eigenvalue weighted by Gasteiger charge is -2.32. The summed E-state index contributed by atoms with van der Waals surface area (Å²) in [6.45, 7) is 1.95. The molecule has 3 rings (SSSR count). The third-order valence-corrected chi connectivity index (χ3v) is 4.21. The summed E-state index contributed by atoms with van der Waals surface area (Å²) in [5.74, 6) is -1.02. The second-order valence-corrected chi connectivity index (χ2v) is 6.29. The van der Waals surface area contributed by atoms with Gasteiger partial charge in [0.1, 0.15) is 17.4 Å². The van der Waals surface area contributed by atoms with Crippen molar-refractivity contribution >= 4 is 15.9 Å². The summed E-state index contributed by atoms with van der Waals surface area (Å²) in [5.41, 5.74) is 1.72. The van der Waals surface area contributed by atoms with E-state index in [0.29, 0.717) is 10.9 Å². The van der Waals surface area contributed by atoms with Gasteiger partial charge in [0.25, 0.3) is 0 Å². The van der Waals surface area contributed by atoms with E-state index in [4.69, 9.17) is 0 Å². The van der Waals surface area contributed by atoms with Crippen LogP contribution in [-0.4, -0.2) is 11.1 Å². The summed E-state index contributed by atoms with van der Waals surface area (Å²) in [5, 5.41) is 12.8. The fourth-order valence-corrected chi connectivity index (χ4v) is 3.28. The van der Waals surface area contributed by atoms with Gasteiger partial charge in [-0.2, -0.15) is 0 Å². The fourth-order valence-electron chi connectivity index (χ4n) is 2.88. The molecule has 1 unspecified atom stereocenters. The minimum absolute atomic E-state index is 0.0108. The highest BCUT2D eigenvalue weighted by Gasteiger charge is 2.29. The quantitative estimate of drug-likeness (QED) is 0.810. The largest absolute Gasteiger partial charge is 0.508 e. The molecular formula is C16H14BrF2NO. The Kier molecular flexibility index (Phi) is 3.71. The van der Waals surface area contributed by atoms with Crippen LogP contribution in [0, 0.1) is 11.6 Å². The van der Waals surface area contributed by atoms with E-state index >= 15 is 0 Å². The maximum atomic E-state index is 14.2. The lowest BCUT2D eigenvalue weighted by atomic mass is 9.86. The molecule has 5 heteroatoms. The van der Waals surface area contributed by atoms with Gasteiger partial charge in [-0.25, -0.2) is 8.78 Å². The fraction of sp³-hybridized carbons (Fsp3) is 0.250. The molecule has 0 bridgehead atoms. The highest BCUT2D eigenvalue weighted by atomic mass is 79.9. The van der Waals surface area contributed by atoms with Gasteiger partial charge in [-0.15, -0.1) is 0 Å². The molecule has 0 saturated carbocycles. The summed E-state index contributed by atoms with van der Waals surface area (Å²) in [6.07, 6.45) is 0.708. The number of rotatable bonds is 1. The third-order valence-electron chi connectivity index (χ3n) is 3.75. The van der Waals surface area contributed by atoms with Crippen molar-refractivity contribution in [2.75, 3.05) is 0 Å². The van der Waals surface area contributed by atoms with Gasteiger partial charge in [-0.05, 0) is 48.7 Å². The molecule has 1 aliphatic heterocycles. The monoisotopic (exact) mass is 353 g/mol. The highest BCUT2D eigenvalue weighted by Crippen LogP contribution is 2.35. The van der Waals surface area contributed by atoms with Crippen molar-refractivity contribution in [2.24, 2.45) is 0 Å². The minimum Gasteiger partial charge on any atom is -0.508 e. The molecular weight excluding hydrogens is 340 g/mol. The van der Waals surface area contributed by atoms with Crippen molar-refractivity contribution in [1.29, 1.82) is 0 Å². The Balaban J connectivity index is 2.16. The molecule has 0 saturated heterocycles. The zero-order chi connectivity index (χ0) is 15.1. The van der Waals surface area contributed by atoms with Gasteiger partial charge < -0.3 is 10.4 Å². The predicted octanol–water partition coefficient (Wildman–Crippen LogP) is 4.06. The second-order valence-electron chi connectivity index (χ2n) is 5.37. The van der Waals surface area contributed by atoms with E-state index in [1.165, 1.54) is 18.2 Å². The molecule has 0 fully saturated rings. The predicted molar refractivity (Wildman–Crippen MR) is 80.3 cm³/mol. The Bertz CT molecular complexity index is 682. The first-order valence-electron chi connectivity index (χ1n) is 6.68. The summed E-state index contributed by atoms with van der Waals surface area (Å²) in [7, 11) is 0. The van der Waals surface area contributed by atoms with Gasteiger partial charge in [-0.3, -0.25) is 0 Å². The van der Waals surface area contributed by atoms with E-state index in [-0.39, 0.29) is 17.4 Å². The molecule has 2 N–H and O–H groups in total. The van der Waals surface area contributed by atoms with Gasteiger partial charge in [0.2, 0.25) is 0 Å². The molecule has 2 atom stereocenters. The average molecular weight is 354 g/mol. The number of phenolic OH excluding ortho intramolecular Hbond substituents is 1. The number of fused-ring (bicyclic) bond motifs is 1. The summed E-state index contributed by atoms with van der Waals surface area (Å²) in [6, 6.07) is 6.95. The third kappa shape index (κ3) is 2.68. The van der Waals surface area contributed by atoms with Gasteiger partial charge >= 0.3 is 0 Å². The number of hydrogen-bond donors (Lipinski definition) is 2. The number of nitrogens with one attached hydrogen (secondary N) is 1. The van der Waals surface area contributed by atoms with Gasteiger partial charge in [0.15, 0.2) is 0 Å². The van der Waals surface area contributed by atoms with Crippen LogP contribution < -0.4 is 5.32 Å². The average Bonchev–Trinajstić information content (AvgIpc) is 2.36. The highest BCUT2D eigenvalue weighted by molar-refractivity contribution is 9.10. The Morgan fingerprint density at radius 1 is 1.19 bits per heavy atom. The molecule has 2 nitrogen and oxygen atoms in total. The molecule has 0 amide bonds. The smallest absolute Gasteiger partial charge is 0.132 e. The van der Waals surface area contributed by atoms with Crippen molar-refractivity contribution in [2.45, 2.75) is 25.4 Å². The number of halogens is 3. The Labute approximate surface area is 129 Å². The van der Waals surface area contributed by atoms with E-state index in [9.17, 15) is 13.9 Å². The number of benzene rings is 2. The molecule has 0 spiro atoms. The normalized spacial score (nSPS) is 21.1. The van der Waals surface area contributed by atoms with Crippen LogP contribution in [0.2, 0.25) is 0 Å². The number of phenols is 1. The first kappa shape index (κ1) is 14.5. The second kappa shape index (κ2) is 5.39. The molecule has 2 aromatic carbocycles. The SMILES string of the molecule is C[C@@H]1Cc2cc(O)ccc2C(c2c(F)cc(Br)cc2F)N1. The van der Waals surface area contributed by atoms with Crippen LogP contribution in [0.1, 0.15) is 29.7 Å². The molecule has 110 valence electrons. The van der Waals surface area contributed by atoms with E-state index in [2.05, 4.69) is 21.2 Å². The van der Waals surface area contributed by atoms with Crippen LogP contribution in [0.3, 0.4) is 0 Å². The Hall–Kier alpha value is -1.46. The van der Waals surface area contributed by atoms with Gasteiger partial charge in [0, 0.05) is 16.1 Å². The lowest BCUT2D eigenvalue weighted by molar-refractivity contribution is 0.428. The van der Waals surface area contributed by atoms with Gasteiger partial charge in [-0.1, -0.05) is 22.0 Å². The topological polar surface area (TPSA) is 32.3 Å². The Morgan fingerprint density at radius 2 is 1.86 bits per heavy atom. The van der Waals surface area contributed by atoms with Crippen molar-refractivity contribution in [1.82, 2.24) is 5.32 Å². The number of hydrogen-bond acceptors (Lipinski definition) is 2. The standard InChI is InChI=1S/C16H14BrF2NO/c1-8-4-9-5-11(21)2-3-12(9)16(20-8)15-13(18)6-10(17)7-14(15)19/h2-3,5-8,16,20-21H,4H2,1H3/t8-,16?/m1/s1. The first-order chi connectivity index (χ1) is 9.95. The van der Waals surface area contributed by atoms with E-state index < -0.39 is 17.7 Å². The van der Waals surface area contributed by atoms with E-state index in [0.717, 1.165) is 11.1 Å². The van der Waals surface area contributed by atoms with Crippen molar-refractivity contribution < 1.29 is 13.9 Å². The van der Waals surface area contributed by atoms with Crippen LogP contribution in [0.15, 0.2) is 34.8 Å². The lowest BCUT2D eigenvalue weighted by Crippen LogP contribution is -2.38. The number of aromatic hydroxyl groups is 1. The van der Waals surface area contributed by atoms with Crippen LogP contribution in [0.25, 0.3) is 0 Å². The van der Waals surface area contributed by atoms with Crippen molar-refractivity contribution in [3.05, 3.63) is 63.1 Å². The summed E-state index contributed by atoms with van der Waals surface area (Å²) < 4.78 is 28.8. The zero-order valence-corrected chi connectivity index (χ0v) is 12.9. The Morgan fingerprint density at radius 3 is 2.52 bits per heavy atom. The van der Waals surface area contributed by atoms with E-state index in [1.807, 2.05) is 6.92 Å². The molecule has 1 heterocycles. The molecule has 0 radical (unpaired) electrons. The van der Waals surface area contributed by atoms with Crippen LogP contribution in [0.5, 0.6) is 5.75 Å². The van der Waals surface area contributed by atoms with Crippen LogP contribution >= 0.6 is 15.9 Å². The first-order valence-corrected chi connectivity index (χ1v) is 7.47. The van der Waals surface area contributed by atoms with Gasteiger partial charge in [0.05, 0.1) is 6.04 Å². The van der Waals surface area contributed by atoms with Crippen LogP contribution in [-0.2, 0) is 6.42 Å². The maximum Gasteiger partial charge on any atom is 0.132 e. The zero-order valence-electron chi connectivity index (χ0n) is 11.3. The summed E-state index contributed by atoms with van der Waals surface area (Å²) in [4.78, 5) is 0. The molecule has 0 aliphatic carbocycles.